The van der Waals surface area contributed by atoms with E-state index in [-0.39, 0.29) is 5.91 Å². The van der Waals surface area contributed by atoms with Gasteiger partial charge in [-0.05, 0) is 35.8 Å². The van der Waals surface area contributed by atoms with Crippen molar-refractivity contribution in [1.29, 1.82) is 0 Å². The van der Waals surface area contributed by atoms with Crippen molar-refractivity contribution in [3.63, 3.8) is 0 Å². The number of hydrogen-bond acceptors (Lipinski definition) is 4. The van der Waals surface area contributed by atoms with E-state index in [2.05, 4.69) is 26.3 Å². The zero-order valence-corrected chi connectivity index (χ0v) is 13.3. The van der Waals surface area contributed by atoms with Gasteiger partial charge in [0.2, 0.25) is 5.91 Å². The van der Waals surface area contributed by atoms with Gasteiger partial charge < -0.3 is 5.32 Å². The van der Waals surface area contributed by atoms with E-state index in [1.807, 2.05) is 18.3 Å². The molecule has 23 heavy (non-hydrogen) atoms. The highest BCUT2D eigenvalue weighted by atomic mass is 35.5. The molecule has 0 radical (unpaired) electrons. The van der Waals surface area contributed by atoms with E-state index in [4.69, 9.17) is 11.6 Å². The molecule has 118 valence electrons. The lowest BCUT2D eigenvalue weighted by atomic mass is 10.0. The molecular weight excluding hydrogens is 312 g/mol. The topological polar surface area (TPSA) is 58.1 Å². The van der Waals surface area contributed by atoms with E-state index in [0.29, 0.717) is 17.4 Å². The molecule has 3 rings (SSSR count). The predicted molar refractivity (Wildman–Crippen MR) is 91.1 cm³/mol. The van der Waals surface area contributed by atoms with Gasteiger partial charge in [0.15, 0.2) is 0 Å². The van der Waals surface area contributed by atoms with E-state index >= 15 is 0 Å². The number of carbonyl (C=O) groups excluding carboxylic acids is 1. The van der Waals surface area contributed by atoms with Gasteiger partial charge in [0, 0.05) is 31.7 Å². The molecule has 2 aromatic heterocycles. The van der Waals surface area contributed by atoms with Gasteiger partial charge in [0.1, 0.15) is 5.82 Å². The van der Waals surface area contributed by atoms with Gasteiger partial charge in [0.05, 0.1) is 11.6 Å². The van der Waals surface area contributed by atoms with Crippen molar-refractivity contribution in [3.05, 3.63) is 59.5 Å². The van der Waals surface area contributed by atoms with Crippen LogP contribution in [0.4, 0.5) is 5.82 Å². The standard InChI is InChI=1S/C17H17ClN4O/c18-15-5-6-16(20-10-15)21-17(23)12-22-8-2-4-14(11-22)13-3-1-7-19-9-13/h1,3-7,9-10H,2,8,11-12H2,(H,20,21,23). The Bertz CT molecular complexity index is 700. The van der Waals surface area contributed by atoms with Gasteiger partial charge in [-0.15, -0.1) is 0 Å². The maximum Gasteiger partial charge on any atom is 0.239 e. The Hall–Kier alpha value is -2.24. The van der Waals surface area contributed by atoms with Crippen LogP contribution in [-0.4, -0.2) is 40.4 Å². The van der Waals surface area contributed by atoms with Crippen LogP contribution in [0.5, 0.6) is 0 Å². The molecule has 0 saturated heterocycles. The zero-order chi connectivity index (χ0) is 16.1. The lowest BCUT2D eigenvalue weighted by Crippen LogP contribution is -2.36. The summed E-state index contributed by atoms with van der Waals surface area (Å²) in [5.74, 6) is 0.437. The number of halogens is 1. The van der Waals surface area contributed by atoms with Crippen LogP contribution in [0.25, 0.3) is 5.57 Å². The number of amides is 1. The quantitative estimate of drug-likeness (QED) is 0.937. The van der Waals surface area contributed by atoms with E-state index in [1.54, 1.807) is 18.3 Å². The molecular formula is C17H17ClN4O. The van der Waals surface area contributed by atoms with Crippen molar-refractivity contribution in [1.82, 2.24) is 14.9 Å². The average molecular weight is 329 g/mol. The summed E-state index contributed by atoms with van der Waals surface area (Å²) >= 11 is 5.78. The molecule has 1 aliphatic heterocycles. The molecule has 1 N–H and O–H groups in total. The van der Waals surface area contributed by atoms with Gasteiger partial charge in [-0.3, -0.25) is 14.7 Å². The van der Waals surface area contributed by atoms with E-state index in [9.17, 15) is 4.79 Å². The maximum atomic E-state index is 12.2. The number of rotatable bonds is 4. The first-order valence-corrected chi connectivity index (χ1v) is 7.82. The van der Waals surface area contributed by atoms with Crippen molar-refractivity contribution >= 4 is 28.9 Å². The molecule has 1 amide bonds. The molecule has 2 aromatic rings. The van der Waals surface area contributed by atoms with E-state index < -0.39 is 0 Å². The van der Waals surface area contributed by atoms with Gasteiger partial charge >= 0.3 is 0 Å². The number of aromatic nitrogens is 2. The minimum absolute atomic E-state index is 0.0766. The van der Waals surface area contributed by atoms with Crippen LogP contribution in [0.1, 0.15) is 12.0 Å². The third kappa shape index (κ3) is 4.37. The Labute approximate surface area is 140 Å². The lowest BCUT2D eigenvalue weighted by Gasteiger charge is -2.26. The fourth-order valence-electron chi connectivity index (χ4n) is 2.54. The first-order valence-electron chi connectivity index (χ1n) is 7.44. The molecule has 0 atom stereocenters. The fourth-order valence-corrected chi connectivity index (χ4v) is 2.65. The molecule has 5 nitrogen and oxygen atoms in total. The molecule has 0 fully saturated rings. The SMILES string of the molecule is O=C(CN1CCC=C(c2cccnc2)C1)Nc1ccc(Cl)cn1. The summed E-state index contributed by atoms with van der Waals surface area (Å²) in [6.45, 7) is 1.94. The second-order valence-electron chi connectivity index (χ2n) is 5.38. The molecule has 0 unspecified atom stereocenters. The van der Waals surface area contributed by atoms with Crippen molar-refractivity contribution < 1.29 is 4.79 Å². The van der Waals surface area contributed by atoms with Crippen LogP contribution < -0.4 is 5.32 Å². The largest absolute Gasteiger partial charge is 0.310 e. The third-order valence-corrected chi connectivity index (χ3v) is 3.85. The van der Waals surface area contributed by atoms with Crippen LogP contribution in [0.3, 0.4) is 0 Å². The molecule has 0 aliphatic carbocycles. The van der Waals surface area contributed by atoms with E-state index in [0.717, 1.165) is 25.1 Å². The third-order valence-electron chi connectivity index (χ3n) is 3.62. The van der Waals surface area contributed by atoms with Gasteiger partial charge in [-0.1, -0.05) is 23.7 Å². The van der Waals surface area contributed by atoms with Crippen molar-refractivity contribution in [2.24, 2.45) is 0 Å². The molecule has 0 saturated carbocycles. The minimum atomic E-state index is -0.0766. The van der Waals surface area contributed by atoms with Crippen LogP contribution in [0, 0.1) is 0 Å². The highest BCUT2D eigenvalue weighted by Gasteiger charge is 2.17. The number of carbonyl (C=O) groups is 1. The maximum absolute atomic E-state index is 12.2. The highest BCUT2D eigenvalue weighted by molar-refractivity contribution is 6.30. The summed E-state index contributed by atoms with van der Waals surface area (Å²) in [5.41, 5.74) is 2.32. The Morgan fingerprint density at radius 1 is 1.30 bits per heavy atom. The molecule has 6 heteroatoms. The fraction of sp³-hybridized carbons (Fsp3) is 0.235. The number of hydrogen-bond donors (Lipinski definition) is 1. The molecule has 0 aromatic carbocycles. The van der Waals surface area contributed by atoms with Crippen molar-refractivity contribution in [3.8, 4) is 0 Å². The molecule has 1 aliphatic rings. The number of pyridine rings is 2. The smallest absolute Gasteiger partial charge is 0.239 e. The summed E-state index contributed by atoms with van der Waals surface area (Å²) in [6.07, 6.45) is 8.27. The molecule has 3 heterocycles. The van der Waals surface area contributed by atoms with Crippen molar-refractivity contribution in [2.75, 3.05) is 25.0 Å². The number of nitrogens with zero attached hydrogens (tertiary/aromatic N) is 3. The van der Waals surface area contributed by atoms with Crippen LogP contribution in [0.2, 0.25) is 5.02 Å². The summed E-state index contributed by atoms with van der Waals surface area (Å²) in [7, 11) is 0. The van der Waals surface area contributed by atoms with Gasteiger partial charge in [-0.2, -0.15) is 0 Å². The summed E-state index contributed by atoms with van der Waals surface area (Å²) in [5, 5.41) is 3.34. The predicted octanol–water partition coefficient (Wildman–Crippen LogP) is 2.86. The lowest BCUT2D eigenvalue weighted by molar-refractivity contribution is -0.117. The first-order chi connectivity index (χ1) is 11.2. The second kappa shape index (κ2) is 7.35. The Morgan fingerprint density at radius 3 is 2.96 bits per heavy atom. The van der Waals surface area contributed by atoms with Gasteiger partial charge in [0.25, 0.3) is 0 Å². The van der Waals surface area contributed by atoms with Crippen LogP contribution >= 0.6 is 11.6 Å². The Kier molecular flexibility index (Phi) is 5.00. The Morgan fingerprint density at radius 2 is 2.22 bits per heavy atom. The minimum Gasteiger partial charge on any atom is -0.310 e. The Balaban J connectivity index is 1.57. The van der Waals surface area contributed by atoms with Crippen LogP contribution in [-0.2, 0) is 4.79 Å². The summed E-state index contributed by atoms with van der Waals surface area (Å²) < 4.78 is 0. The monoisotopic (exact) mass is 328 g/mol. The average Bonchev–Trinajstić information content (AvgIpc) is 2.58. The molecule has 0 spiro atoms. The zero-order valence-electron chi connectivity index (χ0n) is 12.6. The number of anilines is 1. The van der Waals surface area contributed by atoms with E-state index in [1.165, 1.54) is 11.8 Å². The van der Waals surface area contributed by atoms with Crippen molar-refractivity contribution in [2.45, 2.75) is 6.42 Å². The van der Waals surface area contributed by atoms with Gasteiger partial charge in [-0.25, -0.2) is 4.98 Å². The first kappa shape index (κ1) is 15.6. The second-order valence-corrected chi connectivity index (χ2v) is 5.82. The van der Waals surface area contributed by atoms with Crippen LogP contribution in [0.15, 0.2) is 48.9 Å². The summed E-state index contributed by atoms with van der Waals surface area (Å²) in [4.78, 5) is 22.5. The molecule has 0 bridgehead atoms. The summed E-state index contributed by atoms with van der Waals surface area (Å²) in [6, 6.07) is 7.36. The normalized spacial score (nSPS) is 15.1. The highest BCUT2D eigenvalue weighted by Crippen LogP contribution is 2.19. The number of nitrogens with one attached hydrogen (secondary N) is 1.